The van der Waals surface area contributed by atoms with Crippen LogP contribution in [0.3, 0.4) is 0 Å². The van der Waals surface area contributed by atoms with Crippen molar-refractivity contribution in [3.8, 4) is 66.8 Å². The van der Waals surface area contributed by atoms with Gasteiger partial charge in [-0.3, -0.25) is 0 Å². The molecular formula is C73H50N2. The van der Waals surface area contributed by atoms with Gasteiger partial charge in [0.2, 0.25) is 0 Å². The van der Waals surface area contributed by atoms with Crippen molar-refractivity contribution in [2.75, 3.05) is 9.80 Å². The lowest BCUT2D eigenvalue weighted by Gasteiger charge is -2.33. The Morgan fingerprint density at radius 3 is 0.960 bits per heavy atom. The quantitative estimate of drug-likeness (QED) is 0.135. The number of nitrogens with zero attached hydrogens (tertiary/aromatic N) is 2. The Morgan fingerprint density at radius 1 is 0.200 bits per heavy atom. The van der Waals surface area contributed by atoms with E-state index in [0.717, 1.165) is 34.1 Å². The fraction of sp³-hybridized carbons (Fsp3) is 0.0137. The fourth-order valence-corrected chi connectivity index (χ4v) is 12.1. The van der Waals surface area contributed by atoms with E-state index in [1.54, 1.807) is 0 Å². The summed E-state index contributed by atoms with van der Waals surface area (Å²) in [5.41, 5.74) is 25.7. The van der Waals surface area contributed by atoms with E-state index >= 15 is 0 Å². The van der Waals surface area contributed by atoms with E-state index < -0.39 is 5.41 Å². The van der Waals surface area contributed by atoms with E-state index in [1.807, 2.05) is 0 Å². The monoisotopic (exact) mass is 954 g/mol. The molecule has 1 unspecified atom stereocenters. The summed E-state index contributed by atoms with van der Waals surface area (Å²) in [6, 6.07) is 111. The first-order valence-electron chi connectivity index (χ1n) is 25.9. The number of rotatable bonds is 10. The van der Waals surface area contributed by atoms with Crippen molar-refractivity contribution < 1.29 is 0 Å². The summed E-state index contributed by atoms with van der Waals surface area (Å²) in [6.45, 7) is 0. The van der Waals surface area contributed by atoms with Crippen molar-refractivity contribution in [1.82, 2.24) is 0 Å². The fourth-order valence-electron chi connectivity index (χ4n) is 12.1. The first-order chi connectivity index (χ1) is 37.2. The normalized spacial score (nSPS) is 13.7. The molecule has 0 amide bonds. The molecule has 1 atom stereocenters. The Kier molecular flexibility index (Phi) is 10.8. The summed E-state index contributed by atoms with van der Waals surface area (Å²) >= 11 is 0. The van der Waals surface area contributed by atoms with Gasteiger partial charge in [-0.25, -0.2) is 0 Å². The summed E-state index contributed by atoms with van der Waals surface area (Å²) in [5, 5.41) is 0. The molecule has 0 heterocycles. The first-order valence-corrected chi connectivity index (χ1v) is 25.9. The third kappa shape index (κ3) is 7.41. The van der Waals surface area contributed by atoms with E-state index in [1.165, 1.54) is 89.0 Å². The smallest absolute Gasteiger partial charge is 0.0727 e. The van der Waals surface area contributed by atoms with Crippen LogP contribution in [0.5, 0.6) is 0 Å². The molecule has 12 aromatic carbocycles. The topological polar surface area (TPSA) is 6.48 Å². The van der Waals surface area contributed by atoms with Crippen LogP contribution in [0.1, 0.15) is 22.3 Å². The van der Waals surface area contributed by atoms with Crippen molar-refractivity contribution in [2.24, 2.45) is 0 Å². The van der Waals surface area contributed by atoms with Crippen LogP contribution in [-0.4, -0.2) is 0 Å². The Hall–Kier alpha value is -9.76. The number of fused-ring (bicyclic) bond motifs is 10. The van der Waals surface area contributed by atoms with Crippen LogP contribution in [0, 0.1) is 0 Å². The van der Waals surface area contributed by atoms with Gasteiger partial charge in [-0.2, -0.15) is 0 Å². The Labute approximate surface area is 439 Å². The van der Waals surface area contributed by atoms with Gasteiger partial charge in [0.15, 0.2) is 0 Å². The lowest BCUT2D eigenvalue weighted by molar-refractivity contribution is 0.793. The molecule has 0 saturated heterocycles. The second-order valence-corrected chi connectivity index (χ2v) is 19.6. The van der Waals surface area contributed by atoms with Gasteiger partial charge in [0.1, 0.15) is 0 Å². The molecule has 2 heteroatoms. The van der Waals surface area contributed by atoms with Crippen molar-refractivity contribution in [3.63, 3.8) is 0 Å². The number of hydrogen-bond acceptors (Lipinski definition) is 2. The molecule has 12 aromatic rings. The molecule has 0 radical (unpaired) electrons. The molecule has 0 bridgehead atoms. The maximum atomic E-state index is 2.49. The van der Waals surface area contributed by atoms with Gasteiger partial charge in [-0.15, -0.1) is 0 Å². The van der Waals surface area contributed by atoms with Crippen LogP contribution in [0.15, 0.2) is 303 Å². The molecule has 352 valence electrons. The van der Waals surface area contributed by atoms with Crippen LogP contribution in [0.4, 0.5) is 34.1 Å². The summed E-state index contributed by atoms with van der Waals surface area (Å²) in [5.74, 6) is 0. The second-order valence-electron chi connectivity index (χ2n) is 19.6. The predicted molar refractivity (Wildman–Crippen MR) is 314 cm³/mol. The Morgan fingerprint density at radius 2 is 0.520 bits per heavy atom. The molecule has 0 fully saturated rings. The van der Waals surface area contributed by atoms with Gasteiger partial charge in [0, 0.05) is 34.0 Å². The summed E-state index contributed by atoms with van der Waals surface area (Å²) in [4.78, 5) is 4.90. The van der Waals surface area contributed by atoms with Gasteiger partial charge >= 0.3 is 0 Å². The van der Waals surface area contributed by atoms with Gasteiger partial charge in [-0.05, 0) is 150 Å². The minimum atomic E-state index is -0.607. The number of hydrogen-bond donors (Lipinski definition) is 0. The lowest BCUT2D eigenvalue weighted by Crippen LogP contribution is -2.26. The molecule has 2 aliphatic carbocycles. The molecule has 2 nitrogen and oxygen atoms in total. The number of anilines is 6. The van der Waals surface area contributed by atoms with Crippen molar-refractivity contribution in [1.29, 1.82) is 0 Å². The molecule has 75 heavy (non-hydrogen) atoms. The summed E-state index contributed by atoms with van der Waals surface area (Å²) in [7, 11) is 0. The minimum absolute atomic E-state index is 0.607. The largest absolute Gasteiger partial charge is 0.310 e. The van der Waals surface area contributed by atoms with Crippen LogP contribution in [-0.2, 0) is 5.41 Å². The van der Waals surface area contributed by atoms with Crippen LogP contribution in [0.25, 0.3) is 66.8 Å². The van der Waals surface area contributed by atoms with E-state index in [4.69, 9.17) is 0 Å². The van der Waals surface area contributed by atoms with Crippen LogP contribution in [0.2, 0.25) is 0 Å². The zero-order valence-electron chi connectivity index (χ0n) is 41.3. The summed E-state index contributed by atoms with van der Waals surface area (Å²) in [6.07, 6.45) is 0. The van der Waals surface area contributed by atoms with Crippen LogP contribution >= 0.6 is 0 Å². The highest BCUT2D eigenvalue weighted by Gasteiger charge is 2.52. The van der Waals surface area contributed by atoms with Crippen molar-refractivity contribution in [3.05, 3.63) is 326 Å². The molecule has 14 rings (SSSR count). The standard InChI is InChI=1S/C73H50N2/c1-5-18-51(19-6-1)55-32-40-59(41-33-55)74(60-42-34-56(35-43-60)52-20-7-2-8-21-52)63-48-49-65-64-26-13-15-28-67(64)73(70(65)50-63)68-29-16-14-27-66(68)72-69(73)30-17-31-71(72)75(61-44-36-57(37-45-61)53-22-9-3-10-23-53)62-46-38-58(39-47-62)54-24-11-4-12-25-54/h1-50H. The highest BCUT2D eigenvalue weighted by atomic mass is 15.2. The third-order valence-corrected chi connectivity index (χ3v) is 15.5. The van der Waals surface area contributed by atoms with E-state index in [0.29, 0.717) is 0 Å². The lowest BCUT2D eigenvalue weighted by atomic mass is 9.70. The average molecular weight is 955 g/mol. The zero-order valence-corrected chi connectivity index (χ0v) is 41.3. The molecule has 0 N–H and O–H groups in total. The minimum Gasteiger partial charge on any atom is -0.310 e. The second kappa shape index (κ2) is 18.4. The first kappa shape index (κ1) is 44.0. The van der Waals surface area contributed by atoms with Crippen molar-refractivity contribution in [2.45, 2.75) is 5.41 Å². The SMILES string of the molecule is c1ccc(-c2ccc(N(c3ccc(-c4ccccc4)cc3)c3ccc4c(c3)C3(c5ccccc5-4)c4ccccc4-c4c(N(c5ccc(-c6ccccc6)cc5)c5ccc(-c6ccccc6)cc5)cccc43)cc2)cc1. The Bertz CT molecular complexity index is 3830. The van der Waals surface area contributed by atoms with Gasteiger partial charge in [-0.1, -0.05) is 237 Å². The molecule has 2 aliphatic rings. The van der Waals surface area contributed by atoms with E-state index in [9.17, 15) is 0 Å². The van der Waals surface area contributed by atoms with E-state index in [-0.39, 0.29) is 0 Å². The van der Waals surface area contributed by atoms with Crippen LogP contribution < -0.4 is 9.80 Å². The molecular weight excluding hydrogens is 905 g/mol. The predicted octanol–water partition coefficient (Wildman–Crippen LogP) is 19.6. The van der Waals surface area contributed by atoms with Gasteiger partial charge in [0.25, 0.3) is 0 Å². The molecule has 0 aliphatic heterocycles. The van der Waals surface area contributed by atoms with Gasteiger partial charge in [0.05, 0.1) is 11.1 Å². The van der Waals surface area contributed by atoms with Gasteiger partial charge < -0.3 is 9.80 Å². The maximum absolute atomic E-state index is 2.49. The molecule has 1 spiro atoms. The number of benzene rings is 12. The Balaban J connectivity index is 0.965. The summed E-state index contributed by atoms with van der Waals surface area (Å²) < 4.78 is 0. The highest BCUT2D eigenvalue weighted by molar-refractivity contribution is 6.02. The van der Waals surface area contributed by atoms with Crippen molar-refractivity contribution >= 4 is 34.1 Å². The highest BCUT2D eigenvalue weighted by Crippen LogP contribution is 2.65. The molecule has 0 aromatic heterocycles. The zero-order chi connectivity index (χ0) is 49.7. The van der Waals surface area contributed by atoms with E-state index in [2.05, 4.69) is 313 Å². The molecule has 0 saturated carbocycles. The maximum Gasteiger partial charge on any atom is 0.0727 e. The third-order valence-electron chi connectivity index (χ3n) is 15.5. The average Bonchev–Trinajstić information content (AvgIpc) is 4.08.